The highest BCUT2D eigenvalue weighted by Crippen LogP contribution is 2.39. The van der Waals surface area contributed by atoms with Crippen molar-refractivity contribution < 1.29 is 0 Å². The summed E-state index contributed by atoms with van der Waals surface area (Å²) in [4.78, 5) is 25.7. The Hall–Kier alpha value is -2.34. The van der Waals surface area contributed by atoms with Crippen LogP contribution in [0.3, 0.4) is 0 Å². The first-order valence-electron chi connectivity index (χ1n) is 8.93. The minimum Gasteiger partial charge on any atom is -0.383 e. The number of hydrogen-bond donors (Lipinski definition) is 2. The number of likely N-dealkylation sites (N-methyl/N-ethyl adjacent to an activating group) is 1. The van der Waals surface area contributed by atoms with Crippen molar-refractivity contribution in [1.29, 1.82) is 0 Å². The maximum Gasteiger partial charge on any atom is 0.253 e. The Balaban J connectivity index is 1.72. The number of benzene rings is 2. The van der Waals surface area contributed by atoms with Gasteiger partial charge in [-0.25, -0.2) is 0 Å². The maximum absolute atomic E-state index is 11.9. The van der Waals surface area contributed by atoms with Crippen molar-refractivity contribution in [2.75, 3.05) is 31.3 Å². The molecule has 0 saturated carbocycles. The zero-order valence-corrected chi connectivity index (χ0v) is 17.0. The van der Waals surface area contributed by atoms with Crippen molar-refractivity contribution in [3.8, 4) is 0 Å². The van der Waals surface area contributed by atoms with E-state index < -0.39 is 10.9 Å². The predicted octanol–water partition coefficient (Wildman–Crippen LogP) is 3.95. The lowest BCUT2D eigenvalue weighted by Gasteiger charge is -2.33. The van der Waals surface area contributed by atoms with Gasteiger partial charge in [0, 0.05) is 41.8 Å². The first-order chi connectivity index (χ1) is 13.4. The lowest BCUT2D eigenvalue weighted by Crippen LogP contribution is -2.36. The molecule has 0 bridgehead atoms. The van der Waals surface area contributed by atoms with E-state index in [0.717, 1.165) is 35.5 Å². The number of halogens is 2. The first-order valence-corrected chi connectivity index (χ1v) is 9.69. The van der Waals surface area contributed by atoms with Gasteiger partial charge in [-0.05, 0) is 48.0 Å². The maximum atomic E-state index is 11.9. The molecule has 0 fully saturated rings. The highest BCUT2D eigenvalue weighted by atomic mass is 35.5. The van der Waals surface area contributed by atoms with Crippen molar-refractivity contribution in [1.82, 2.24) is 4.90 Å². The normalized spacial score (nSPS) is 16.8. The van der Waals surface area contributed by atoms with E-state index >= 15 is 0 Å². The molecule has 0 unspecified atom stereocenters. The zero-order chi connectivity index (χ0) is 20.0. The van der Waals surface area contributed by atoms with Gasteiger partial charge in [0.25, 0.3) is 10.9 Å². The van der Waals surface area contributed by atoms with Crippen LogP contribution in [0.2, 0.25) is 10.0 Å². The number of hydrogen-bond acceptors (Lipinski definition) is 5. The van der Waals surface area contributed by atoms with Gasteiger partial charge in [-0.2, -0.15) is 0 Å². The largest absolute Gasteiger partial charge is 0.383 e. The molecule has 3 aromatic rings. The monoisotopic (exact) mass is 415 g/mol. The van der Waals surface area contributed by atoms with E-state index in [9.17, 15) is 9.59 Å². The van der Waals surface area contributed by atoms with E-state index in [-0.39, 0.29) is 5.92 Å². The Bertz CT molecular complexity index is 1140. The van der Waals surface area contributed by atoms with Crippen LogP contribution in [0, 0.1) is 0 Å². The van der Waals surface area contributed by atoms with Gasteiger partial charge in [0.05, 0.1) is 0 Å². The summed E-state index contributed by atoms with van der Waals surface area (Å²) < 4.78 is 0. The van der Waals surface area contributed by atoms with Gasteiger partial charge in [0.15, 0.2) is 0 Å². The number of rotatable bonds is 4. The molecule has 3 aromatic carbocycles. The van der Waals surface area contributed by atoms with Gasteiger partial charge in [-0.1, -0.05) is 35.3 Å². The molecule has 7 heteroatoms. The molecular weight excluding hydrogens is 397 g/mol. The van der Waals surface area contributed by atoms with Crippen LogP contribution in [0.15, 0.2) is 46.0 Å². The molecule has 0 amide bonds. The summed E-state index contributed by atoms with van der Waals surface area (Å²) in [5.74, 6) is 0.100. The van der Waals surface area contributed by atoms with Crippen LogP contribution in [0.25, 0.3) is 0 Å². The second-order valence-electron chi connectivity index (χ2n) is 7.11. The molecule has 0 saturated heterocycles. The molecule has 0 aromatic heterocycles. The van der Waals surface area contributed by atoms with E-state index in [1.54, 1.807) is 13.1 Å². The van der Waals surface area contributed by atoms with Gasteiger partial charge in [-0.15, -0.1) is 0 Å². The van der Waals surface area contributed by atoms with E-state index in [1.807, 2.05) is 24.3 Å². The zero-order valence-electron chi connectivity index (χ0n) is 15.5. The summed E-state index contributed by atoms with van der Waals surface area (Å²) in [7, 11) is 3.69. The highest BCUT2D eigenvalue weighted by molar-refractivity contribution is 6.35. The van der Waals surface area contributed by atoms with Crippen LogP contribution >= 0.6 is 23.2 Å². The summed E-state index contributed by atoms with van der Waals surface area (Å²) in [5.41, 5.74) is 3.67. The Labute approximate surface area is 172 Å². The molecule has 28 heavy (non-hydrogen) atoms. The molecule has 0 spiro atoms. The number of nitrogens with one attached hydrogen (secondary N) is 2. The van der Waals surface area contributed by atoms with Crippen LogP contribution in [0.1, 0.15) is 22.6 Å². The third kappa shape index (κ3) is 3.20. The minimum absolute atomic E-state index is 0.100. The second-order valence-corrected chi connectivity index (χ2v) is 7.96. The Kier molecular flexibility index (Phi) is 4.91. The SMILES string of the molecule is CNc1c(Nc2cccc([C@@H]3CN(C)Cc4c(Cl)cc(Cl)cc43)c2)c(=O)c1=O. The van der Waals surface area contributed by atoms with Gasteiger partial charge < -0.3 is 15.5 Å². The van der Waals surface area contributed by atoms with Gasteiger partial charge in [0.2, 0.25) is 0 Å². The third-order valence-corrected chi connectivity index (χ3v) is 5.77. The fourth-order valence-corrected chi connectivity index (χ4v) is 4.43. The molecule has 144 valence electrons. The molecule has 1 aliphatic rings. The lowest BCUT2D eigenvalue weighted by molar-refractivity contribution is 0.295. The number of fused-ring (bicyclic) bond motifs is 1. The Morgan fingerprint density at radius 3 is 2.57 bits per heavy atom. The van der Waals surface area contributed by atoms with Gasteiger partial charge in [-0.3, -0.25) is 9.59 Å². The van der Waals surface area contributed by atoms with Crippen molar-refractivity contribution in [3.63, 3.8) is 0 Å². The quantitative estimate of drug-likeness (QED) is 0.631. The Morgan fingerprint density at radius 2 is 1.82 bits per heavy atom. The van der Waals surface area contributed by atoms with Crippen LogP contribution in [-0.4, -0.2) is 25.5 Å². The summed E-state index contributed by atoms with van der Waals surface area (Å²) in [6.45, 7) is 1.60. The number of nitrogens with zero attached hydrogens (tertiary/aromatic N) is 1. The first kappa shape index (κ1) is 19.0. The molecule has 1 aliphatic heterocycles. The minimum atomic E-state index is -0.504. The van der Waals surface area contributed by atoms with Crippen molar-refractivity contribution in [2.24, 2.45) is 0 Å². The fourth-order valence-electron chi connectivity index (χ4n) is 3.86. The van der Waals surface area contributed by atoms with Gasteiger partial charge in [0.1, 0.15) is 11.4 Å². The van der Waals surface area contributed by atoms with Crippen molar-refractivity contribution >= 4 is 40.3 Å². The number of anilines is 3. The molecule has 0 radical (unpaired) electrons. The average Bonchev–Trinajstić information content (AvgIpc) is 2.68. The van der Waals surface area contributed by atoms with E-state index in [2.05, 4.69) is 28.6 Å². The summed E-state index contributed by atoms with van der Waals surface area (Å²) in [6.07, 6.45) is 0. The van der Waals surface area contributed by atoms with Crippen LogP contribution in [-0.2, 0) is 6.54 Å². The molecule has 4 rings (SSSR count). The standard InChI is InChI=1S/C21H19Cl2N3O2/c1-24-18-19(21(28)20(18)27)25-13-5-3-4-11(6-13)15-9-26(2)10-16-14(15)7-12(22)8-17(16)23/h3-8,15,24-25H,9-10H2,1-2H3/t15-/m0/s1. The molecule has 1 atom stereocenters. The molecule has 2 N–H and O–H groups in total. The van der Waals surface area contributed by atoms with Crippen LogP contribution in [0.4, 0.5) is 17.1 Å². The van der Waals surface area contributed by atoms with E-state index in [0.29, 0.717) is 21.4 Å². The molecule has 1 heterocycles. The van der Waals surface area contributed by atoms with E-state index in [1.165, 1.54) is 0 Å². The average molecular weight is 416 g/mol. The van der Waals surface area contributed by atoms with Crippen LogP contribution in [0.5, 0.6) is 0 Å². The van der Waals surface area contributed by atoms with Crippen molar-refractivity contribution in [3.05, 3.63) is 83.6 Å². The second kappa shape index (κ2) is 7.24. The highest BCUT2D eigenvalue weighted by Gasteiger charge is 2.27. The third-order valence-electron chi connectivity index (χ3n) is 5.21. The smallest absolute Gasteiger partial charge is 0.253 e. The summed E-state index contributed by atoms with van der Waals surface area (Å²) in [5, 5.41) is 7.15. The predicted molar refractivity (Wildman–Crippen MR) is 115 cm³/mol. The lowest BCUT2D eigenvalue weighted by atomic mass is 9.84. The van der Waals surface area contributed by atoms with E-state index in [4.69, 9.17) is 23.2 Å². The summed E-state index contributed by atoms with van der Waals surface area (Å²) >= 11 is 12.7. The molecule has 0 aliphatic carbocycles. The topological polar surface area (TPSA) is 61.4 Å². The van der Waals surface area contributed by atoms with Gasteiger partial charge >= 0.3 is 0 Å². The molecule has 5 nitrogen and oxygen atoms in total. The Morgan fingerprint density at radius 1 is 1.07 bits per heavy atom. The molecular formula is C21H19Cl2N3O2. The summed E-state index contributed by atoms with van der Waals surface area (Å²) in [6, 6.07) is 11.6. The van der Waals surface area contributed by atoms with Crippen molar-refractivity contribution in [2.45, 2.75) is 12.5 Å². The van der Waals surface area contributed by atoms with Crippen LogP contribution < -0.4 is 21.5 Å². The fraction of sp³-hybridized carbons (Fsp3) is 0.238.